The lowest BCUT2D eigenvalue weighted by Gasteiger charge is -2.26. The quantitative estimate of drug-likeness (QED) is 0.727. The van der Waals surface area contributed by atoms with Gasteiger partial charge in [-0.05, 0) is 13.0 Å². The van der Waals surface area contributed by atoms with Crippen molar-refractivity contribution in [2.24, 2.45) is 0 Å². The fourth-order valence-electron chi connectivity index (χ4n) is 1.43. The van der Waals surface area contributed by atoms with Gasteiger partial charge in [0.2, 0.25) is 5.95 Å². The lowest BCUT2D eigenvalue weighted by atomic mass is 10.1. The second kappa shape index (κ2) is 4.65. The van der Waals surface area contributed by atoms with E-state index in [0.29, 0.717) is 5.95 Å². The van der Waals surface area contributed by atoms with Crippen molar-refractivity contribution >= 4 is 16.9 Å². The molecule has 1 aromatic carbocycles. The van der Waals surface area contributed by atoms with Gasteiger partial charge < -0.3 is 15.5 Å². The van der Waals surface area contributed by atoms with Gasteiger partial charge in [0.15, 0.2) is 0 Å². The van der Waals surface area contributed by atoms with Gasteiger partial charge in [0, 0.05) is 11.6 Å². The fourth-order valence-corrected chi connectivity index (χ4v) is 1.43. The van der Waals surface area contributed by atoms with Crippen LogP contribution in [-0.2, 0) is 0 Å². The van der Waals surface area contributed by atoms with Gasteiger partial charge in [-0.25, -0.2) is 9.97 Å². The molecule has 0 fully saturated rings. The Kier molecular flexibility index (Phi) is 3.21. The van der Waals surface area contributed by atoms with Crippen LogP contribution in [-0.4, -0.2) is 38.9 Å². The molecular formula is C12H15N3O2. The Hall–Kier alpha value is -1.72. The highest BCUT2D eigenvalue weighted by molar-refractivity contribution is 5.78. The Balaban J connectivity index is 2.31. The molecule has 0 bridgehead atoms. The molecule has 0 aliphatic heterocycles. The monoisotopic (exact) mass is 233 g/mol. The number of nitrogens with zero attached hydrogens (tertiary/aromatic N) is 2. The standard InChI is InChI=1S/C12H15N3O2/c1-12(7-16,8-17)15-11-13-6-9-4-2-3-5-10(9)14-11/h2-6,16-17H,7-8H2,1H3,(H,13,14,15). The molecule has 0 unspecified atom stereocenters. The van der Waals surface area contributed by atoms with Gasteiger partial charge in [-0.1, -0.05) is 18.2 Å². The van der Waals surface area contributed by atoms with Crippen LogP contribution in [0, 0.1) is 0 Å². The number of aliphatic hydroxyl groups is 2. The molecule has 90 valence electrons. The van der Waals surface area contributed by atoms with Crippen LogP contribution in [0.4, 0.5) is 5.95 Å². The molecule has 5 nitrogen and oxygen atoms in total. The van der Waals surface area contributed by atoms with Gasteiger partial charge in [0.05, 0.1) is 24.3 Å². The third-order valence-corrected chi connectivity index (χ3v) is 2.60. The van der Waals surface area contributed by atoms with E-state index in [0.717, 1.165) is 10.9 Å². The van der Waals surface area contributed by atoms with Crippen molar-refractivity contribution in [2.45, 2.75) is 12.5 Å². The van der Waals surface area contributed by atoms with Crippen molar-refractivity contribution in [2.75, 3.05) is 18.5 Å². The summed E-state index contributed by atoms with van der Waals surface area (Å²) in [5.74, 6) is 0.398. The summed E-state index contributed by atoms with van der Waals surface area (Å²) >= 11 is 0. The van der Waals surface area contributed by atoms with E-state index in [4.69, 9.17) is 0 Å². The van der Waals surface area contributed by atoms with Gasteiger partial charge in [0.1, 0.15) is 0 Å². The number of aliphatic hydroxyl groups excluding tert-OH is 2. The first kappa shape index (κ1) is 11.8. The highest BCUT2D eigenvalue weighted by Crippen LogP contribution is 2.15. The third kappa shape index (κ3) is 2.51. The molecule has 0 spiro atoms. The second-order valence-corrected chi connectivity index (χ2v) is 4.25. The number of benzene rings is 1. The normalized spacial score (nSPS) is 11.7. The number of rotatable bonds is 4. The summed E-state index contributed by atoms with van der Waals surface area (Å²) in [5.41, 5.74) is 0.00543. The highest BCUT2D eigenvalue weighted by atomic mass is 16.3. The van der Waals surface area contributed by atoms with Crippen molar-refractivity contribution in [3.63, 3.8) is 0 Å². The SMILES string of the molecule is CC(CO)(CO)Nc1ncc2ccccc2n1. The number of hydrogen-bond acceptors (Lipinski definition) is 5. The number of nitrogens with one attached hydrogen (secondary N) is 1. The third-order valence-electron chi connectivity index (χ3n) is 2.60. The maximum atomic E-state index is 9.18. The van der Waals surface area contributed by atoms with Crippen LogP contribution < -0.4 is 5.32 Å². The molecule has 0 amide bonds. The van der Waals surface area contributed by atoms with Crippen LogP contribution in [0.1, 0.15) is 6.92 Å². The Morgan fingerprint density at radius 1 is 1.24 bits per heavy atom. The van der Waals surface area contributed by atoms with Gasteiger partial charge >= 0.3 is 0 Å². The minimum Gasteiger partial charge on any atom is -0.394 e. The largest absolute Gasteiger partial charge is 0.394 e. The van der Waals surface area contributed by atoms with Crippen LogP contribution in [0.2, 0.25) is 0 Å². The summed E-state index contributed by atoms with van der Waals surface area (Å²) in [6, 6.07) is 7.63. The number of anilines is 1. The first-order valence-corrected chi connectivity index (χ1v) is 5.38. The van der Waals surface area contributed by atoms with Crippen molar-refractivity contribution in [1.82, 2.24) is 9.97 Å². The summed E-state index contributed by atoms with van der Waals surface area (Å²) in [6.07, 6.45) is 1.71. The summed E-state index contributed by atoms with van der Waals surface area (Å²) in [5, 5.41) is 22.2. The van der Waals surface area contributed by atoms with Crippen molar-refractivity contribution in [3.8, 4) is 0 Å². The summed E-state index contributed by atoms with van der Waals surface area (Å²) in [6.45, 7) is 1.31. The molecule has 1 aromatic heterocycles. The van der Waals surface area contributed by atoms with Crippen LogP contribution in [0.25, 0.3) is 10.9 Å². The molecule has 3 N–H and O–H groups in total. The molecular weight excluding hydrogens is 218 g/mol. The Morgan fingerprint density at radius 3 is 2.65 bits per heavy atom. The van der Waals surface area contributed by atoms with Crippen molar-refractivity contribution < 1.29 is 10.2 Å². The number of para-hydroxylation sites is 1. The summed E-state index contributed by atoms with van der Waals surface area (Å²) < 4.78 is 0. The number of aromatic nitrogens is 2. The lowest BCUT2D eigenvalue weighted by Crippen LogP contribution is -2.43. The van der Waals surface area contributed by atoms with E-state index < -0.39 is 5.54 Å². The zero-order valence-electron chi connectivity index (χ0n) is 9.59. The van der Waals surface area contributed by atoms with Crippen molar-refractivity contribution in [3.05, 3.63) is 30.5 Å². The second-order valence-electron chi connectivity index (χ2n) is 4.25. The molecule has 0 atom stereocenters. The molecule has 0 saturated heterocycles. The Bertz CT molecular complexity index is 512. The zero-order chi connectivity index (χ0) is 12.3. The van der Waals surface area contributed by atoms with E-state index in [2.05, 4.69) is 15.3 Å². The summed E-state index contributed by atoms with van der Waals surface area (Å²) in [7, 11) is 0. The first-order chi connectivity index (χ1) is 8.17. The van der Waals surface area contributed by atoms with Crippen LogP contribution in [0.15, 0.2) is 30.5 Å². The van der Waals surface area contributed by atoms with Crippen LogP contribution >= 0.6 is 0 Å². The Labute approximate surface area is 99.2 Å². The van der Waals surface area contributed by atoms with Gasteiger partial charge in [-0.2, -0.15) is 0 Å². The Morgan fingerprint density at radius 2 is 1.94 bits per heavy atom. The molecule has 2 rings (SSSR count). The smallest absolute Gasteiger partial charge is 0.223 e. The van der Waals surface area contributed by atoms with Gasteiger partial charge in [0.25, 0.3) is 0 Å². The zero-order valence-corrected chi connectivity index (χ0v) is 9.59. The van der Waals surface area contributed by atoms with E-state index in [1.165, 1.54) is 0 Å². The average Bonchev–Trinajstić information content (AvgIpc) is 2.38. The highest BCUT2D eigenvalue weighted by Gasteiger charge is 2.22. The molecule has 0 aliphatic carbocycles. The lowest BCUT2D eigenvalue weighted by molar-refractivity contribution is 0.147. The summed E-state index contributed by atoms with van der Waals surface area (Å²) in [4.78, 5) is 8.46. The predicted octanol–water partition coefficient (Wildman–Crippen LogP) is 0.785. The first-order valence-electron chi connectivity index (χ1n) is 5.38. The minimum atomic E-state index is -0.817. The maximum Gasteiger partial charge on any atom is 0.223 e. The van der Waals surface area contributed by atoms with E-state index in [-0.39, 0.29) is 13.2 Å². The molecule has 1 heterocycles. The number of fused-ring (bicyclic) bond motifs is 1. The predicted molar refractivity (Wildman–Crippen MR) is 65.7 cm³/mol. The molecule has 0 radical (unpaired) electrons. The number of hydrogen-bond donors (Lipinski definition) is 3. The van der Waals surface area contributed by atoms with Crippen molar-refractivity contribution in [1.29, 1.82) is 0 Å². The van der Waals surface area contributed by atoms with E-state index >= 15 is 0 Å². The van der Waals surface area contributed by atoms with Crippen LogP contribution in [0.5, 0.6) is 0 Å². The molecule has 0 saturated carbocycles. The van der Waals surface area contributed by atoms with Gasteiger partial charge in [-0.15, -0.1) is 0 Å². The maximum absolute atomic E-state index is 9.18. The minimum absolute atomic E-state index is 0.195. The fraction of sp³-hybridized carbons (Fsp3) is 0.333. The van der Waals surface area contributed by atoms with Crippen LogP contribution in [0.3, 0.4) is 0 Å². The molecule has 0 aliphatic rings. The molecule has 5 heteroatoms. The van der Waals surface area contributed by atoms with E-state index in [1.807, 2.05) is 24.3 Å². The average molecular weight is 233 g/mol. The van der Waals surface area contributed by atoms with E-state index in [1.54, 1.807) is 13.1 Å². The van der Waals surface area contributed by atoms with Gasteiger partial charge in [-0.3, -0.25) is 0 Å². The molecule has 17 heavy (non-hydrogen) atoms. The topological polar surface area (TPSA) is 78.3 Å². The van der Waals surface area contributed by atoms with E-state index in [9.17, 15) is 10.2 Å². The molecule has 2 aromatic rings.